The summed E-state index contributed by atoms with van der Waals surface area (Å²) in [5.41, 5.74) is 0. The topological polar surface area (TPSA) is 40.5 Å². The zero-order chi connectivity index (χ0) is 10.4. The van der Waals surface area contributed by atoms with E-state index in [1.807, 2.05) is 0 Å². The minimum atomic E-state index is 0.155. The lowest BCUT2D eigenvalue weighted by molar-refractivity contribution is -0.123. The maximum Gasteiger partial charge on any atom is 0.146 e. The van der Waals surface area contributed by atoms with Gasteiger partial charge < -0.3 is 5.11 Å². The molecule has 1 atom stereocenters. The first-order valence-electron chi connectivity index (χ1n) is 5.61. The summed E-state index contributed by atoms with van der Waals surface area (Å²) in [6.45, 7) is 3.97. The molecule has 0 aromatic heterocycles. The molecule has 82 valence electrons. The molecular formula is C11H21NO2. The second-order valence-electron chi connectivity index (χ2n) is 4.09. The van der Waals surface area contributed by atoms with Crippen molar-refractivity contribution < 1.29 is 9.90 Å². The van der Waals surface area contributed by atoms with E-state index in [0.29, 0.717) is 5.78 Å². The Labute approximate surface area is 86.1 Å². The maximum atomic E-state index is 11.4. The SMILES string of the molecule is CC(=O)C1CCCCN1CCCCO. The molecule has 0 amide bonds. The van der Waals surface area contributed by atoms with Crippen LogP contribution < -0.4 is 0 Å². The van der Waals surface area contributed by atoms with Gasteiger partial charge in [-0.1, -0.05) is 6.42 Å². The first-order chi connectivity index (χ1) is 6.75. The summed E-state index contributed by atoms with van der Waals surface area (Å²) in [7, 11) is 0. The van der Waals surface area contributed by atoms with Crippen LogP contribution in [0.1, 0.15) is 39.0 Å². The van der Waals surface area contributed by atoms with Crippen molar-refractivity contribution in [3.8, 4) is 0 Å². The summed E-state index contributed by atoms with van der Waals surface area (Å²) < 4.78 is 0. The second-order valence-corrected chi connectivity index (χ2v) is 4.09. The van der Waals surface area contributed by atoms with Gasteiger partial charge in [0.1, 0.15) is 5.78 Å². The quantitative estimate of drug-likeness (QED) is 0.676. The molecule has 0 bridgehead atoms. The van der Waals surface area contributed by atoms with E-state index in [9.17, 15) is 4.79 Å². The summed E-state index contributed by atoms with van der Waals surface area (Å²) >= 11 is 0. The van der Waals surface area contributed by atoms with Gasteiger partial charge >= 0.3 is 0 Å². The molecule has 1 fully saturated rings. The molecule has 0 radical (unpaired) electrons. The van der Waals surface area contributed by atoms with E-state index >= 15 is 0 Å². The Bertz CT molecular complexity index is 182. The molecule has 1 aliphatic heterocycles. The van der Waals surface area contributed by atoms with Crippen molar-refractivity contribution >= 4 is 5.78 Å². The first-order valence-corrected chi connectivity index (χ1v) is 5.61. The third-order valence-corrected chi connectivity index (χ3v) is 2.94. The van der Waals surface area contributed by atoms with E-state index in [1.165, 1.54) is 12.8 Å². The smallest absolute Gasteiger partial charge is 0.146 e. The average molecular weight is 199 g/mol. The molecule has 3 nitrogen and oxygen atoms in total. The lowest BCUT2D eigenvalue weighted by Gasteiger charge is -2.33. The molecule has 14 heavy (non-hydrogen) atoms. The van der Waals surface area contributed by atoms with Gasteiger partial charge in [0, 0.05) is 6.61 Å². The highest BCUT2D eigenvalue weighted by molar-refractivity contribution is 5.81. The van der Waals surface area contributed by atoms with Crippen molar-refractivity contribution in [2.24, 2.45) is 0 Å². The van der Waals surface area contributed by atoms with Crippen LogP contribution in [0.15, 0.2) is 0 Å². The largest absolute Gasteiger partial charge is 0.396 e. The number of carbonyl (C=O) groups excluding carboxylic acids is 1. The van der Waals surface area contributed by atoms with Crippen LogP contribution in [0, 0.1) is 0 Å². The van der Waals surface area contributed by atoms with Crippen LogP contribution in [-0.4, -0.2) is 41.5 Å². The number of unbranched alkanes of at least 4 members (excludes halogenated alkanes) is 1. The Hall–Kier alpha value is -0.410. The lowest BCUT2D eigenvalue weighted by Crippen LogP contribution is -2.44. The number of ketones is 1. The van der Waals surface area contributed by atoms with E-state index in [0.717, 1.165) is 32.4 Å². The minimum Gasteiger partial charge on any atom is -0.396 e. The Morgan fingerprint density at radius 2 is 2.21 bits per heavy atom. The number of aliphatic hydroxyl groups is 1. The van der Waals surface area contributed by atoms with Crippen molar-refractivity contribution in [2.45, 2.75) is 45.1 Å². The second kappa shape index (κ2) is 6.14. The van der Waals surface area contributed by atoms with Gasteiger partial charge in [0.05, 0.1) is 6.04 Å². The number of rotatable bonds is 5. The molecule has 3 heteroatoms. The van der Waals surface area contributed by atoms with Gasteiger partial charge in [0.15, 0.2) is 0 Å². The highest BCUT2D eigenvalue weighted by Crippen LogP contribution is 2.18. The van der Waals surface area contributed by atoms with Gasteiger partial charge in [-0.15, -0.1) is 0 Å². The molecular weight excluding hydrogens is 178 g/mol. The number of carbonyl (C=O) groups is 1. The molecule has 0 saturated carbocycles. The van der Waals surface area contributed by atoms with Gasteiger partial charge in [-0.25, -0.2) is 0 Å². The Morgan fingerprint density at radius 1 is 1.43 bits per heavy atom. The fourth-order valence-electron chi connectivity index (χ4n) is 2.15. The summed E-state index contributed by atoms with van der Waals surface area (Å²) in [4.78, 5) is 13.6. The fourth-order valence-corrected chi connectivity index (χ4v) is 2.15. The molecule has 0 aromatic carbocycles. The lowest BCUT2D eigenvalue weighted by atomic mass is 9.99. The number of Topliss-reactive ketones (excluding diaryl/α,β-unsaturated/α-hetero) is 1. The van der Waals surface area contributed by atoms with Crippen LogP contribution >= 0.6 is 0 Å². The molecule has 1 aliphatic rings. The van der Waals surface area contributed by atoms with Crippen molar-refractivity contribution in [1.29, 1.82) is 0 Å². The van der Waals surface area contributed by atoms with Gasteiger partial charge in [0.25, 0.3) is 0 Å². The zero-order valence-corrected chi connectivity index (χ0v) is 9.04. The highest BCUT2D eigenvalue weighted by atomic mass is 16.2. The highest BCUT2D eigenvalue weighted by Gasteiger charge is 2.24. The maximum absolute atomic E-state index is 11.4. The Morgan fingerprint density at radius 3 is 2.86 bits per heavy atom. The monoisotopic (exact) mass is 199 g/mol. The Kier molecular flexibility index (Phi) is 5.12. The normalized spacial score (nSPS) is 23.7. The molecule has 0 aromatic rings. The summed E-state index contributed by atoms with van der Waals surface area (Å²) in [5.74, 6) is 0.300. The summed E-state index contributed by atoms with van der Waals surface area (Å²) in [6.07, 6.45) is 5.26. The fraction of sp³-hybridized carbons (Fsp3) is 0.909. The van der Waals surface area contributed by atoms with Crippen LogP contribution in [0.4, 0.5) is 0 Å². The molecule has 1 heterocycles. The van der Waals surface area contributed by atoms with Crippen molar-refractivity contribution in [3.63, 3.8) is 0 Å². The van der Waals surface area contributed by atoms with E-state index in [-0.39, 0.29) is 12.6 Å². The van der Waals surface area contributed by atoms with E-state index in [1.54, 1.807) is 6.92 Å². The standard InChI is InChI=1S/C11H21NO2/c1-10(14)11-6-2-3-7-12(11)8-4-5-9-13/h11,13H,2-9H2,1H3. The van der Waals surface area contributed by atoms with Crippen LogP contribution in [-0.2, 0) is 4.79 Å². The molecule has 0 spiro atoms. The van der Waals surface area contributed by atoms with Crippen LogP contribution in [0.5, 0.6) is 0 Å². The zero-order valence-electron chi connectivity index (χ0n) is 9.04. The predicted octanol–water partition coefficient (Wildman–Crippen LogP) is 1.20. The van der Waals surface area contributed by atoms with Gasteiger partial charge in [0.2, 0.25) is 0 Å². The molecule has 1 saturated heterocycles. The number of likely N-dealkylation sites (tertiary alicyclic amines) is 1. The first kappa shape index (κ1) is 11.7. The molecule has 1 rings (SSSR count). The summed E-state index contributed by atoms with van der Waals surface area (Å²) in [5, 5.41) is 8.69. The number of nitrogens with zero attached hydrogens (tertiary/aromatic N) is 1. The number of aliphatic hydroxyl groups excluding tert-OH is 1. The van der Waals surface area contributed by atoms with Crippen LogP contribution in [0.3, 0.4) is 0 Å². The van der Waals surface area contributed by atoms with Crippen molar-refractivity contribution in [3.05, 3.63) is 0 Å². The van der Waals surface area contributed by atoms with Gasteiger partial charge in [-0.05, 0) is 45.7 Å². The number of hydrogen-bond donors (Lipinski definition) is 1. The van der Waals surface area contributed by atoms with Crippen LogP contribution in [0.2, 0.25) is 0 Å². The Balaban J connectivity index is 2.34. The van der Waals surface area contributed by atoms with E-state index < -0.39 is 0 Å². The molecule has 0 aliphatic carbocycles. The summed E-state index contributed by atoms with van der Waals surface area (Å²) in [6, 6.07) is 0.155. The van der Waals surface area contributed by atoms with E-state index in [4.69, 9.17) is 5.11 Å². The third kappa shape index (κ3) is 3.39. The van der Waals surface area contributed by atoms with Gasteiger partial charge in [-0.2, -0.15) is 0 Å². The van der Waals surface area contributed by atoms with E-state index in [2.05, 4.69) is 4.90 Å². The van der Waals surface area contributed by atoms with Crippen molar-refractivity contribution in [1.82, 2.24) is 4.90 Å². The number of piperidine rings is 1. The predicted molar refractivity (Wildman–Crippen MR) is 56.2 cm³/mol. The molecule has 1 unspecified atom stereocenters. The van der Waals surface area contributed by atoms with Crippen molar-refractivity contribution in [2.75, 3.05) is 19.7 Å². The third-order valence-electron chi connectivity index (χ3n) is 2.94. The molecule has 1 N–H and O–H groups in total. The minimum absolute atomic E-state index is 0.155. The number of hydrogen-bond acceptors (Lipinski definition) is 3. The average Bonchev–Trinajstić information content (AvgIpc) is 2.19. The van der Waals surface area contributed by atoms with Gasteiger partial charge in [-0.3, -0.25) is 9.69 Å². The van der Waals surface area contributed by atoms with Crippen LogP contribution in [0.25, 0.3) is 0 Å².